The Balaban J connectivity index is 1.29. The first-order valence-electron chi connectivity index (χ1n) is 12.9. The van der Waals surface area contributed by atoms with Gasteiger partial charge in [-0.3, -0.25) is 19.4 Å². The molecule has 2 aliphatic heterocycles. The molecule has 2 aromatic heterocycles. The van der Waals surface area contributed by atoms with E-state index in [0.717, 1.165) is 64.1 Å². The maximum Gasteiger partial charge on any atom is 0.256 e. The van der Waals surface area contributed by atoms with Crippen molar-refractivity contribution in [2.24, 2.45) is 0 Å². The van der Waals surface area contributed by atoms with Crippen molar-refractivity contribution >= 4 is 17.5 Å². The van der Waals surface area contributed by atoms with E-state index < -0.39 is 0 Å². The number of amides is 2. The number of aromatic nitrogens is 3. The molecule has 9 nitrogen and oxygen atoms in total. The van der Waals surface area contributed by atoms with Gasteiger partial charge in [0, 0.05) is 51.0 Å². The second kappa shape index (κ2) is 10.00. The average Bonchev–Trinajstić information content (AvgIpc) is 3.59. The third-order valence-corrected chi connectivity index (χ3v) is 7.78. The second-order valence-corrected chi connectivity index (χ2v) is 10.3. The molecule has 1 N–H and O–H groups in total. The molecule has 5 rings (SSSR count). The van der Waals surface area contributed by atoms with Crippen LogP contribution in [-0.2, 0) is 4.79 Å². The number of carbonyl (C=O) groups is 2. The van der Waals surface area contributed by atoms with Gasteiger partial charge < -0.3 is 10.2 Å². The molecule has 0 aromatic carbocycles. The standard InChI is InChI=1S/C25H37N7O2/c1-18(2)30-14-12-29(13-15-30)17-23(33)31-11-5-8-21(31)22-9-10-26-24-20(16-27-32(22)24)25(34)28-19-6-3-4-7-19/h9-10,16,18-19,21H,3-8,11-15,17H2,1-2H3,(H,28,34). The molecule has 1 aliphatic carbocycles. The number of carbonyl (C=O) groups excluding carboxylic acids is 2. The summed E-state index contributed by atoms with van der Waals surface area (Å²) in [4.78, 5) is 37.4. The SMILES string of the molecule is CC(C)N1CCN(CC(=O)N2CCCC2c2ccnc3c(C(=O)NC4CCCC4)cnn23)CC1. The maximum atomic E-state index is 13.3. The fraction of sp³-hybridized carbons (Fsp3) is 0.680. The van der Waals surface area contributed by atoms with Crippen LogP contribution in [0, 0.1) is 0 Å². The molecule has 0 radical (unpaired) electrons. The van der Waals surface area contributed by atoms with Crippen LogP contribution in [0.5, 0.6) is 0 Å². The summed E-state index contributed by atoms with van der Waals surface area (Å²) in [5.74, 6) is 0.0725. The van der Waals surface area contributed by atoms with E-state index in [1.165, 1.54) is 12.8 Å². The minimum Gasteiger partial charge on any atom is -0.349 e. The Morgan fingerprint density at radius 2 is 1.82 bits per heavy atom. The van der Waals surface area contributed by atoms with Crippen molar-refractivity contribution in [2.45, 2.75) is 70.5 Å². The first-order valence-corrected chi connectivity index (χ1v) is 12.9. The molecule has 3 aliphatic rings. The number of rotatable bonds is 6. The molecule has 1 saturated carbocycles. The third kappa shape index (κ3) is 4.68. The highest BCUT2D eigenvalue weighted by Crippen LogP contribution is 2.32. The lowest BCUT2D eigenvalue weighted by atomic mass is 10.1. The first kappa shape index (κ1) is 23.2. The van der Waals surface area contributed by atoms with Gasteiger partial charge in [0.2, 0.25) is 5.91 Å². The molecule has 4 heterocycles. The van der Waals surface area contributed by atoms with Crippen LogP contribution in [0.3, 0.4) is 0 Å². The normalized spacial score (nSPS) is 22.8. The van der Waals surface area contributed by atoms with E-state index >= 15 is 0 Å². The van der Waals surface area contributed by atoms with E-state index in [0.29, 0.717) is 23.8 Å². The molecule has 34 heavy (non-hydrogen) atoms. The van der Waals surface area contributed by atoms with E-state index in [4.69, 9.17) is 0 Å². The summed E-state index contributed by atoms with van der Waals surface area (Å²) in [5, 5.41) is 7.67. The Labute approximate surface area is 201 Å². The minimum atomic E-state index is -0.105. The molecule has 3 fully saturated rings. The maximum absolute atomic E-state index is 13.3. The fourth-order valence-corrected chi connectivity index (χ4v) is 5.75. The average molecular weight is 468 g/mol. The van der Waals surface area contributed by atoms with Crippen molar-refractivity contribution < 1.29 is 9.59 Å². The molecule has 184 valence electrons. The van der Waals surface area contributed by atoms with Gasteiger partial charge in [0.15, 0.2) is 5.65 Å². The van der Waals surface area contributed by atoms with Gasteiger partial charge in [-0.1, -0.05) is 12.8 Å². The summed E-state index contributed by atoms with van der Waals surface area (Å²) in [7, 11) is 0. The zero-order valence-electron chi connectivity index (χ0n) is 20.4. The van der Waals surface area contributed by atoms with Gasteiger partial charge in [-0.15, -0.1) is 0 Å². The molecular formula is C25H37N7O2. The second-order valence-electron chi connectivity index (χ2n) is 10.3. The minimum absolute atomic E-state index is 0.0411. The Kier molecular flexibility index (Phi) is 6.83. The van der Waals surface area contributed by atoms with Crippen LogP contribution in [0.2, 0.25) is 0 Å². The van der Waals surface area contributed by atoms with Crippen molar-refractivity contribution in [3.8, 4) is 0 Å². The van der Waals surface area contributed by atoms with Crippen LogP contribution >= 0.6 is 0 Å². The highest BCUT2D eigenvalue weighted by Gasteiger charge is 2.33. The monoisotopic (exact) mass is 467 g/mol. The van der Waals surface area contributed by atoms with Gasteiger partial charge in [-0.25, -0.2) is 9.50 Å². The Morgan fingerprint density at radius 1 is 1.06 bits per heavy atom. The van der Waals surface area contributed by atoms with Gasteiger partial charge in [0.05, 0.1) is 24.5 Å². The predicted octanol–water partition coefficient (Wildman–Crippen LogP) is 2.09. The predicted molar refractivity (Wildman–Crippen MR) is 130 cm³/mol. The zero-order valence-corrected chi connectivity index (χ0v) is 20.4. The van der Waals surface area contributed by atoms with Crippen LogP contribution in [0.15, 0.2) is 18.5 Å². The van der Waals surface area contributed by atoms with E-state index in [1.807, 2.05) is 11.0 Å². The largest absolute Gasteiger partial charge is 0.349 e. The van der Waals surface area contributed by atoms with Crippen molar-refractivity contribution in [3.05, 3.63) is 29.7 Å². The van der Waals surface area contributed by atoms with Gasteiger partial charge in [-0.05, 0) is 45.6 Å². The van der Waals surface area contributed by atoms with E-state index in [2.05, 4.69) is 39.0 Å². The van der Waals surface area contributed by atoms with Crippen LogP contribution in [0.4, 0.5) is 0 Å². The number of likely N-dealkylation sites (tertiary alicyclic amines) is 1. The third-order valence-electron chi connectivity index (χ3n) is 7.78. The van der Waals surface area contributed by atoms with Crippen LogP contribution in [-0.4, -0.2) is 92.5 Å². The van der Waals surface area contributed by atoms with Gasteiger partial charge >= 0.3 is 0 Å². The van der Waals surface area contributed by atoms with Crippen LogP contribution in [0.1, 0.15) is 74.5 Å². The molecule has 1 unspecified atom stereocenters. The van der Waals surface area contributed by atoms with Gasteiger partial charge in [0.25, 0.3) is 5.91 Å². The molecular weight excluding hydrogens is 430 g/mol. The number of nitrogens with zero attached hydrogens (tertiary/aromatic N) is 6. The van der Waals surface area contributed by atoms with Gasteiger partial charge in [0.1, 0.15) is 5.56 Å². The summed E-state index contributed by atoms with van der Waals surface area (Å²) in [5.41, 5.74) is 2.00. The molecule has 2 saturated heterocycles. The smallest absolute Gasteiger partial charge is 0.256 e. The number of hydrogen-bond acceptors (Lipinski definition) is 6. The topological polar surface area (TPSA) is 86.1 Å². The molecule has 1 atom stereocenters. The van der Waals surface area contributed by atoms with Crippen LogP contribution in [0.25, 0.3) is 5.65 Å². The molecule has 2 amide bonds. The van der Waals surface area contributed by atoms with E-state index in [9.17, 15) is 9.59 Å². The Bertz CT molecular complexity index is 1020. The molecule has 0 spiro atoms. The lowest BCUT2D eigenvalue weighted by Gasteiger charge is -2.37. The Hall–Kier alpha value is -2.52. The van der Waals surface area contributed by atoms with Crippen molar-refractivity contribution in [1.82, 2.24) is 34.6 Å². The Morgan fingerprint density at radius 3 is 2.56 bits per heavy atom. The summed E-state index contributed by atoms with van der Waals surface area (Å²) in [6.45, 7) is 9.56. The molecule has 9 heteroatoms. The summed E-state index contributed by atoms with van der Waals surface area (Å²) in [6, 6.07) is 2.70. The van der Waals surface area contributed by atoms with Crippen LogP contribution < -0.4 is 5.32 Å². The molecule has 0 bridgehead atoms. The number of hydrogen-bond donors (Lipinski definition) is 1. The van der Waals surface area contributed by atoms with Crippen molar-refractivity contribution in [2.75, 3.05) is 39.3 Å². The zero-order chi connectivity index (χ0) is 23.7. The number of nitrogens with one attached hydrogen (secondary N) is 1. The summed E-state index contributed by atoms with van der Waals surface area (Å²) >= 11 is 0. The quantitative estimate of drug-likeness (QED) is 0.700. The fourth-order valence-electron chi connectivity index (χ4n) is 5.75. The highest BCUT2D eigenvalue weighted by atomic mass is 16.2. The lowest BCUT2D eigenvalue weighted by Crippen LogP contribution is -2.51. The first-order chi connectivity index (χ1) is 16.5. The number of fused-ring (bicyclic) bond motifs is 1. The van der Waals surface area contributed by atoms with Crippen molar-refractivity contribution in [1.29, 1.82) is 0 Å². The highest BCUT2D eigenvalue weighted by molar-refractivity contribution is 5.99. The molecule has 2 aromatic rings. The summed E-state index contributed by atoms with van der Waals surface area (Å²) in [6.07, 6.45) is 9.63. The number of piperazine rings is 1. The lowest BCUT2D eigenvalue weighted by molar-refractivity contribution is -0.134. The summed E-state index contributed by atoms with van der Waals surface area (Å²) < 4.78 is 1.77. The van der Waals surface area contributed by atoms with E-state index in [1.54, 1.807) is 16.9 Å². The van der Waals surface area contributed by atoms with Gasteiger partial charge in [-0.2, -0.15) is 5.10 Å². The van der Waals surface area contributed by atoms with E-state index in [-0.39, 0.29) is 23.9 Å². The van der Waals surface area contributed by atoms with Crippen molar-refractivity contribution in [3.63, 3.8) is 0 Å².